The number of halogens is 4. The predicted octanol–water partition coefficient (Wildman–Crippen LogP) is 6.25. The number of amides is 1. The van der Waals surface area contributed by atoms with E-state index >= 15 is 0 Å². The van der Waals surface area contributed by atoms with E-state index in [2.05, 4.69) is 5.32 Å². The van der Waals surface area contributed by atoms with Crippen LogP contribution in [0.4, 0.5) is 10.1 Å². The molecule has 0 aliphatic carbocycles. The van der Waals surface area contributed by atoms with Crippen molar-refractivity contribution in [1.29, 1.82) is 0 Å². The maximum Gasteiger partial charge on any atom is 0.267 e. The normalized spacial score (nSPS) is 10.9. The minimum Gasteiger partial charge on any atom is -0.320 e. The van der Waals surface area contributed by atoms with Gasteiger partial charge in [-0.15, -0.1) is 11.3 Å². The Hall–Kier alpha value is -1.33. The molecule has 2 aromatic carbocycles. The monoisotopic (exact) mass is 373 g/mol. The number of carbonyl (C=O) groups is 1. The second-order valence-corrected chi connectivity index (χ2v) is 6.74. The third kappa shape index (κ3) is 2.92. The summed E-state index contributed by atoms with van der Waals surface area (Å²) in [7, 11) is 0. The van der Waals surface area contributed by atoms with E-state index in [4.69, 9.17) is 34.8 Å². The second-order valence-electron chi connectivity index (χ2n) is 4.46. The highest BCUT2D eigenvalue weighted by Gasteiger charge is 2.18. The minimum absolute atomic E-state index is 0.294. The van der Waals surface area contributed by atoms with E-state index in [0.29, 0.717) is 35.7 Å². The molecule has 0 fully saturated rings. The molecule has 1 amide bonds. The summed E-state index contributed by atoms with van der Waals surface area (Å²) in [4.78, 5) is 12.7. The number of hydrogen-bond donors (Lipinski definition) is 1. The molecular formula is C15H7Cl3FNOS. The lowest BCUT2D eigenvalue weighted by Gasteiger charge is -2.06. The lowest BCUT2D eigenvalue weighted by Crippen LogP contribution is -2.10. The Morgan fingerprint density at radius 1 is 1.09 bits per heavy atom. The quantitative estimate of drug-likeness (QED) is 0.564. The van der Waals surface area contributed by atoms with Crippen LogP contribution >= 0.6 is 46.1 Å². The van der Waals surface area contributed by atoms with Crippen molar-refractivity contribution in [3.8, 4) is 0 Å². The number of anilines is 1. The Bertz CT molecular complexity index is 894. The van der Waals surface area contributed by atoms with Crippen LogP contribution in [0.25, 0.3) is 10.1 Å². The molecule has 112 valence electrons. The van der Waals surface area contributed by atoms with Crippen molar-refractivity contribution in [2.45, 2.75) is 0 Å². The van der Waals surface area contributed by atoms with Gasteiger partial charge in [-0.05, 0) is 36.4 Å². The lowest BCUT2D eigenvalue weighted by atomic mass is 10.2. The molecule has 2 nitrogen and oxygen atoms in total. The first kappa shape index (κ1) is 15.6. The maximum atomic E-state index is 13.2. The van der Waals surface area contributed by atoms with Crippen molar-refractivity contribution in [3.05, 3.63) is 62.2 Å². The molecule has 0 atom stereocenters. The summed E-state index contributed by atoms with van der Waals surface area (Å²) in [5.74, 6) is -0.783. The minimum atomic E-state index is -0.407. The van der Waals surface area contributed by atoms with Gasteiger partial charge in [0.1, 0.15) is 10.7 Å². The van der Waals surface area contributed by atoms with Crippen LogP contribution in [-0.2, 0) is 0 Å². The number of rotatable bonds is 2. The molecule has 0 spiro atoms. The Morgan fingerprint density at radius 2 is 1.86 bits per heavy atom. The smallest absolute Gasteiger partial charge is 0.267 e. The van der Waals surface area contributed by atoms with Gasteiger partial charge in [0.2, 0.25) is 0 Å². The molecule has 7 heteroatoms. The van der Waals surface area contributed by atoms with Gasteiger partial charge in [0.05, 0.1) is 15.7 Å². The van der Waals surface area contributed by atoms with E-state index in [1.165, 1.54) is 18.2 Å². The van der Waals surface area contributed by atoms with Crippen LogP contribution in [0.15, 0.2) is 36.4 Å². The maximum absolute atomic E-state index is 13.2. The molecule has 3 rings (SSSR count). The van der Waals surface area contributed by atoms with Gasteiger partial charge in [-0.1, -0.05) is 34.8 Å². The average Bonchev–Trinajstić information content (AvgIpc) is 2.78. The van der Waals surface area contributed by atoms with Gasteiger partial charge in [0, 0.05) is 15.1 Å². The van der Waals surface area contributed by atoms with Gasteiger partial charge in [0.25, 0.3) is 5.91 Å². The van der Waals surface area contributed by atoms with Crippen molar-refractivity contribution in [2.75, 3.05) is 5.32 Å². The Balaban J connectivity index is 1.97. The molecule has 0 unspecified atom stereocenters. The van der Waals surface area contributed by atoms with Crippen LogP contribution in [0.5, 0.6) is 0 Å². The molecule has 0 saturated heterocycles. The van der Waals surface area contributed by atoms with E-state index in [0.717, 1.165) is 11.3 Å². The molecule has 1 aromatic heterocycles. The number of carbonyl (C=O) groups excluding carboxylic acids is 1. The van der Waals surface area contributed by atoms with Crippen LogP contribution < -0.4 is 5.32 Å². The Morgan fingerprint density at radius 3 is 2.59 bits per heavy atom. The number of nitrogens with one attached hydrogen (secondary N) is 1. The van der Waals surface area contributed by atoms with Crippen molar-refractivity contribution in [3.63, 3.8) is 0 Å². The summed E-state index contributed by atoms with van der Waals surface area (Å²) in [5, 5.41) is 4.40. The fourth-order valence-electron chi connectivity index (χ4n) is 1.95. The third-order valence-corrected chi connectivity index (χ3v) is 5.18. The highest BCUT2D eigenvalue weighted by Crippen LogP contribution is 2.36. The van der Waals surface area contributed by atoms with E-state index in [-0.39, 0.29) is 5.82 Å². The first-order chi connectivity index (χ1) is 10.5. The molecule has 1 N–H and O–H groups in total. The molecule has 0 bridgehead atoms. The first-order valence-corrected chi connectivity index (χ1v) is 8.04. The molecule has 0 saturated carbocycles. The average molecular weight is 375 g/mol. The summed E-state index contributed by atoms with van der Waals surface area (Å²) >= 11 is 19.2. The van der Waals surface area contributed by atoms with Crippen LogP contribution in [0.2, 0.25) is 15.1 Å². The number of fused-ring (bicyclic) bond motifs is 1. The predicted molar refractivity (Wildman–Crippen MR) is 91.2 cm³/mol. The van der Waals surface area contributed by atoms with Crippen LogP contribution in [0.3, 0.4) is 0 Å². The van der Waals surface area contributed by atoms with Gasteiger partial charge in [0.15, 0.2) is 0 Å². The van der Waals surface area contributed by atoms with Crippen molar-refractivity contribution >= 4 is 67.8 Å². The Kier molecular flexibility index (Phi) is 4.28. The molecule has 0 radical (unpaired) electrons. The fraction of sp³-hybridized carbons (Fsp3) is 0. The molecular weight excluding hydrogens is 368 g/mol. The molecule has 0 aliphatic heterocycles. The molecule has 1 heterocycles. The summed E-state index contributed by atoms with van der Waals surface area (Å²) in [5.41, 5.74) is 0.427. The zero-order valence-corrected chi connectivity index (χ0v) is 13.9. The van der Waals surface area contributed by atoms with Gasteiger partial charge in [-0.3, -0.25) is 4.79 Å². The van der Waals surface area contributed by atoms with E-state index in [1.807, 2.05) is 0 Å². The standard InChI is InChI=1S/C15H7Cl3FNOS/c16-7-1-4-11(10(17)5-7)20-15(21)14-13(18)9-3-2-8(19)6-12(9)22-14/h1-6H,(H,20,21). The number of benzene rings is 2. The van der Waals surface area contributed by atoms with Gasteiger partial charge in [-0.2, -0.15) is 0 Å². The van der Waals surface area contributed by atoms with Crippen LogP contribution in [-0.4, -0.2) is 5.91 Å². The largest absolute Gasteiger partial charge is 0.320 e. The van der Waals surface area contributed by atoms with Crippen LogP contribution in [0, 0.1) is 5.82 Å². The van der Waals surface area contributed by atoms with Crippen molar-refractivity contribution in [2.24, 2.45) is 0 Å². The van der Waals surface area contributed by atoms with Crippen LogP contribution in [0.1, 0.15) is 9.67 Å². The second kappa shape index (κ2) is 6.05. The van der Waals surface area contributed by atoms with Gasteiger partial charge in [-0.25, -0.2) is 4.39 Å². The molecule has 0 aliphatic rings. The van der Waals surface area contributed by atoms with E-state index in [9.17, 15) is 9.18 Å². The highest BCUT2D eigenvalue weighted by molar-refractivity contribution is 7.21. The zero-order chi connectivity index (χ0) is 15.9. The topological polar surface area (TPSA) is 29.1 Å². The highest BCUT2D eigenvalue weighted by atomic mass is 35.5. The molecule has 3 aromatic rings. The van der Waals surface area contributed by atoms with Crippen molar-refractivity contribution < 1.29 is 9.18 Å². The summed E-state index contributed by atoms with van der Waals surface area (Å²) in [6.45, 7) is 0. The lowest BCUT2D eigenvalue weighted by molar-refractivity contribution is 0.103. The van der Waals surface area contributed by atoms with E-state index < -0.39 is 5.91 Å². The van der Waals surface area contributed by atoms with Gasteiger partial charge >= 0.3 is 0 Å². The fourth-order valence-corrected chi connectivity index (χ4v) is 3.85. The Labute approximate surface area is 144 Å². The number of thiophene rings is 1. The number of hydrogen-bond acceptors (Lipinski definition) is 2. The summed E-state index contributed by atoms with van der Waals surface area (Å²) in [6, 6.07) is 8.95. The van der Waals surface area contributed by atoms with Crippen molar-refractivity contribution in [1.82, 2.24) is 0 Å². The third-order valence-electron chi connectivity index (χ3n) is 2.98. The summed E-state index contributed by atoms with van der Waals surface area (Å²) < 4.78 is 13.9. The zero-order valence-electron chi connectivity index (χ0n) is 10.8. The van der Waals surface area contributed by atoms with Gasteiger partial charge < -0.3 is 5.32 Å². The molecule has 22 heavy (non-hydrogen) atoms. The summed E-state index contributed by atoms with van der Waals surface area (Å²) in [6.07, 6.45) is 0. The SMILES string of the molecule is O=C(Nc1ccc(Cl)cc1Cl)c1sc2cc(F)ccc2c1Cl. The van der Waals surface area contributed by atoms with E-state index in [1.54, 1.807) is 18.2 Å². The first-order valence-electron chi connectivity index (χ1n) is 6.09.